The van der Waals surface area contributed by atoms with Crippen LogP contribution < -0.4 is 10.6 Å². The highest BCUT2D eigenvalue weighted by Crippen LogP contribution is 2.16. The number of rotatable bonds is 4. The monoisotopic (exact) mass is 404 g/mol. The van der Waals surface area contributed by atoms with Gasteiger partial charge in [0.2, 0.25) is 0 Å². The molecule has 1 heterocycles. The molecule has 1 aliphatic carbocycles. The first kappa shape index (κ1) is 18.0. The van der Waals surface area contributed by atoms with Crippen molar-refractivity contribution < 1.29 is 4.52 Å². The van der Waals surface area contributed by atoms with Crippen molar-refractivity contribution in [3.05, 3.63) is 29.2 Å². The van der Waals surface area contributed by atoms with Gasteiger partial charge in [-0.1, -0.05) is 17.3 Å². The molecule has 1 aromatic rings. The van der Waals surface area contributed by atoms with Crippen LogP contribution in [0.3, 0.4) is 0 Å². The fraction of sp³-hybridized carbons (Fsp3) is 0.600. The molecule has 0 saturated carbocycles. The van der Waals surface area contributed by atoms with Gasteiger partial charge >= 0.3 is 0 Å². The van der Waals surface area contributed by atoms with Crippen molar-refractivity contribution in [2.24, 2.45) is 10.9 Å². The summed E-state index contributed by atoms with van der Waals surface area (Å²) in [4.78, 5) is 4.26. The lowest BCUT2D eigenvalue weighted by Gasteiger charge is -2.20. The van der Waals surface area contributed by atoms with Crippen LogP contribution in [0.2, 0.25) is 0 Å². The molecule has 0 saturated heterocycles. The van der Waals surface area contributed by atoms with E-state index in [-0.39, 0.29) is 24.0 Å². The molecule has 0 fully saturated rings. The van der Waals surface area contributed by atoms with E-state index in [9.17, 15) is 0 Å². The van der Waals surface area contributed by atoms with Crippen LogP contribution in [0.25, 0.3) is 0 Å². The molecule has 0 radical (unpaired) electrons. The van der Waals surface area contributed by atoms with Crippen molar-refractivity contribution in [2.75, 3.05) is 13.6 Å². The lowest BCUT2D eigenvalue weighted by atomic mass is 9.94. The zero-order chi connectivity index (χ0) is 14.4. The lowest BCUT2D eigenvalue weighted by Crippen LogP contribution is -2.39. The summed E-state index contributed by atoms with van der Waals surface area (Å²) in [5.41, 5.74) is 2.04. The van der Waals surface area contributed by atoms with E-state index in [0.29, 0.717) is 12.5 Å². The second kappa shape index (κ2) is 9.07. The number of allylic oxidation sites excluding steroid dienone is 2. The van der Waals surface area contributed by atoms with E-state index >= 15 is 0 Å². The Hall–Kier alpha value is -1.05. The Morgan fingerprint density at radius 2 is 2.19 bits per heavy atom. The van der Waals surface area contributed by atoms with Crippen molar-refractivity contribution in [3.63, 3.8) is 0 Å². The van der Waals surface area contributed by atoms with Gasteiger partial charge in [-0.05, 0) is 39.0 Å². The number of hydrogen-bond donors (Lipinski definition) is 2. The van der Waals surface area contributed by atoms with Gasteiger partial charge in [0.15, 0.2) is 5.96 Å². The Morgan fingerprint density at radius 3 is 2.76 bits per heavy atom. The summed E-state index contributed by atoms with van der Waals surface area (Å²) in [6, 6.07) is 0. The lowest BCUT2D eigenvalue weighted by molar-refractivity contribution is 0.392. The zero-order valence-corrected chi connectivity index (χ0v) is 15.3. The Labute approximate surface area is 143 Å². The standard InChI is InChI=1S/C15H24N4O.HI/c1-11-14(12(2)20-19-11)10-18-15(16-3)17-9-13-7-5-4-6-8-13;/h4-5,13H,6-10H2,1-3H3,(H2,16,17,18);1H. The van der Waals surface area contributed by atoms with Gasteiger partial charge in [0.25, 0.3) is 0 Å². The molecule has 1 unspecified atom stereocenters. The molecule has 1 atom stereocenters. The first-order chi connectivity index (χ1) is 9.70. The quantitative estimate of drug-likeness (QED) is 0.351. The van der Waals surface area contributed by atoms with Gasteiger partial charge in [0, 0.05) is 25.7 Å². The normalized spacial score (nSPS) is 18.2. The maximum atomic E-state index is 5.16. The Kier molecular flexibility index (Phi) is 7.77. The van der Waals surface area contributed by atoms with Crippen LogP contribution in [0.15, 0.2) is 21.7 Å². The molecule has 0 aliphatic heterocycles. The summed E-state index contributed by atoms with van der Waals surface area (Å²) in [5, 5.41) is 10.7. The summed E-state index contributed by atoms with van der Waals surface area (Å²) < 4.78 is 5.16. The van der Waals surface area contributed by atoms with E-state index in [4.69, 9.17) is 4.52 Å². The summed E-state index contributed by atoms with van der Waals surface area (Å²) in [7, 11) is 1.80. The minimum Gasteiger partial charge on any atom is -0.361 e. The minimum absolute atomic E-state index is 0. The SMILES string of the molecule is CN=C(NCc1c(C)noc1C)NCC1CC=CCC1.I. The first-order valence-corrected chi connectivity index (χ1v) is 7.22. The molecule has 0 amide bonds. The van der Waals surface area contributed by atoms with Crippen LogP contribution in [0.1, 0.15) is 36.3 Å². The van der Waals surface area contributed by atoms with Crippen LogP contribution in [-0.4, -0.2) is 24.7 Å². The highest BCUT2D eigenvalue weighted by atomic mass is 127. The molecular weight excluding hydrogens is 379 g/mol. The molecule has 0 aromatic carbocycles. The molecule has 0 bridgehead atoms. The highest BCUT2D eigenvalue weighted by Gasteiger charge is 2.12. The largest absolute Gasteiger partial charge is 0.361 e. The van der Waals surface area contributed by atoms with E-state index in [0.717, 1.165) is 35.9 Å². The van der Waals surface area contributed by atoms with Crippen LogP contribution in [-0.2, 0) is 6.54 Å². The van der Waals surface area contributed by atoms with E-state index < -0.39 is 0 Å². The highest BCUT2D eigenvalue weighted by molar-refractivity contribution is 14.0. The summed E-state index contributed by atoms with van der Waals surface area (Å²) in [6.07, 6.45) is 8.15. The number of nitrogens with one attached hydrogen (secondary N) is 2. The molecule has 0 spiro atoms. The average Bonchev–Trinajstić information content (AvgIpc) is 2.80. The van der Waals surface area contributed by atoms with E-state index in [1.807, 2.05) is 13.8 Å². The number of hydrogen-bond acceptors (Lipinski definition) is 3. The van der Waals surface area contributed by atoms with E-state index in [1.165, 1.54) is 12.8 Å². The van der Waals surface area contributed by atoms with Gasteiger partial charge in [-0.3, -0.25) is 4.99 Å². The minimum atomic E-state index is 0. The van der Waals surface area contributed by atoms with Gasteiger partial charge < -0.3 is 15.2 Å². The van der Waals surface area contributed by atoms with Crippen LogP contribution >= 0.6 is 24.0 Å². The van der Waals surface area contributed by atoms with Crippen molar-refractivity contribution in [1.29, 1.82) is 0 Å². The predicted molar refractivity (Wildman–Crippen MR) is 96.1 cm³/mol. The Balaban J connectivity index is 0.00000220. The first-order valence-electron chi connectivity index (χ1n) is 7.22. The predicted octanol–water partition coefficient (Wildman–Crippen LogP) is 2.93. The molecule has 2 N–H and O–H groups in total. The number of aromatic nitrogens is 1. The third kappa shape index (κ3) is 5.33. The number of nitrogens with zero attached hydrogens (tertiary/aromatic N) is 2. The molecule has 6 heteroatoms. The molecule has 118 valence electrons. The average molecular weight is 404 g/mol. The molecule has 5 nitrogen and oxygen atoms in total. The van der Waals surface area contributed by atoms with Gasteiger partial charge in [-0.25, -0.2) is 0 Å². The van der Waals surface area contributed by atoms with E-state index in [2.05, 4.69) is 32.9 Å². The smallest absolute Gasteiger partial charge is 0.191 e. The topological polar surface area (TPSA) is 62.5 Å². The van der Waals surface area contributed by atoms with Gasteiger partial charge in [-0.15, -0.1) is 24.0 Å². The van der Waals surface area contributed by atoms with Crippen molar-refractivity contribution in [2.45, 2.75) is 39.7 Å². The zero-order valence-electron chi connectivity index (χ0n) is 13.0. The number of halogens is 1. The summed E-state index contributed by atoms with van der Waals surface area (Å²) in [5.74, 6) is 2.40. The Morgan fingerprint density at radius 1 is 1.38 bits per heavy atom. The van der Waals surface area contributed by atoms with Gasteiger partial charge in [0.1, 0.15) is 5.76 Å². The fourth-order valence-corrected chi connectivity index (χ4v) is 2.43. The van der Waals surface area contributed by atoms with Crippen molar-refractivity contribution in [1.82, 2.24) is 15.8 Å². The fourth-order valence-electron chi connectivity index (χ4n) is 2.43. The molecule has 1 aliphatic rings. The summed E-state index contributed by atoms with van der Waals surface area (Å²) >= 11 is 0. The molecule has 1 aromatic heterocycles. The number of aryl methyl sites for hydroxylation is 2. The van der Waals surface area contributed by atoms with Crippen LogP contribution in [0.4, 0.5) is 0 Å². The third-order valence-electron chi connectivity index (χ3n) is 3.77. The maximum absolute atomic E-state index is 5.16. The van der Waals surface area contributed by atoms with Crippen molar-refractivity contribution >= 4 is 29.9 Å². The third-order valence-corrected chi connectivity index (χ3v) is 3.77. The van der Waals surface area contributed by atoms with Crippen LogP contribution in [0.5, 0.6) is 0 Å². The Bertz CT molecular complexity index is 476. The second-order valence-corrected chi connectivity index (χ2v) is 5.26. The second-order valence-electron chi connectivity index (χ2n) is 5.26. The summed E-state index contributed by atoms with van der Waals surface area (Å²) in [6.45, 7) is 5.54. The number of guanidine groups is 1. The molecule has 2 rings (SSSR count). The molecular formula is C15H25IN4O. The molecule has 21 heavy (non-hydrogen) atoms. The van der Waals surface area contributed by atoms with Gasteiger partial charge in [-0.2, -0.15) is 0 Å². The van der Waals surface area contributed by atoms with Crippen LogP contribution in [0, 0.1) is 19.8 Å². The maximum Gasteiger partial charge on any atom is 0.191 e. The number of aliphatic imine (C=N–C) groups is 1. The van der Waals surface area contributed by atoms with E-state index in [1.54, 1.807) is 7.05 Å². The van der Waals surface area contributed by atoms with Gasteiger partial charge in [0.05, 0.1) is 5.69 Å². The van der Waals surface area contributed by atoms with Crippen molar-refractivity contribution in [3.8, 4) is 0 Å².